The first-order chi connectivity index (χ1) is 12.6. The Labute approximate surface area is 151 Å². The third-order valence-corrected chi connectivity index (χ3v) is 4.85. The van der Waals surface area contributed by atoms with Crippen LogP contribution in [0.5, 0.6) is 0 Å². The van der Waals surface area contributed by atoms with E-state index in [4.69, 9.17) is 4.42 Å². The lowest BCUT2D eigenvalue weighted by molar-refractivity contribution is 0.0939. The van der Waals surface area contributed by atoms with Gasteiger partial charge in [-0.25, -0.2) is 0 Å². The molecule has 2 aromatic rings. The molecule has 1 saturated heterocycles. The molecule has 0 unspecified atom stereocenters. The van der Waals surface area contributed by atoms with E-state index >= 15 is 0 Å². The fourth-order valence-electron chi connectivity index (χ4n) is 3.54. The van der Waals surface area contributed by atoms with Gasteiger partial charge in [0.1, 0.15) is 11.3 Å². The molecule has 7 nitrogen and oxygen atoms in total. The third kappa shape index (κ3) is 3.17. The van der Waals surface area contributed by atoms with Crippen LogP contribution in [0.2, 0.25) is 0 Å². The van der Waals surface area contributed by atoms with Crippen LogP contribution in [-0.2, 0) is 6.54 Å². The summed E-state index contributed by atoms with van der Waals surface area (Å²) in [7, 11) is 0. The van der Waals surface area contributed by atoms with Gasteiger partial charge in [-0.15, -0.1) is 0 Å². The maximum Gasteiger partial charge on any atom is 0.260 e. The molecule has 0 radical (unpaired) electrons. The Kier molecular flexibility index (Phi) is 4.38. The van der Waals surface area contributed by atoms with Crippen molar-refractivity contribution in [3.8, 4) is 0 Å². The van der Waals surface area contributed by atoms with Gasteiger partial charge in [-0.05, 0) is 50.6 Å². The minimum atomic E-state index is -0.348. The number of nitrogens with zero attached hydrogens (tertiary/aromatic N) is 1. The molecule has 0 atom stereocenters. The third-order valence-electron chi connectivity index (χ3n) is 4.85. The minimum absolute atomic E-state index is 0.261. The van der Waals surface area contributed by atoms with Crippen molar-refractivity contribution >= 4 is 23.4 Å². The molecule has 3 heterocycles. The van der Waals surface area contributed by atoms with Gasteiger partial charge in [0.25, 0.3) is 11.8 Å². The summed E-state index contributed by atoms with van der Waals surface area (Å²) in [6, 6.07) is 7.84. The van der Waals surface area contributed by atoms with E-state index in [2.05, 4.69) is 20.9 Å². The summed E-state index contributed by atoms with van der Waals surface area (Å²) in [5, 5.41) is 8.45. The van der Waals surface area contributed by atoms with E-state index in [1.807, 2.05) is 24.3 Å². The van der Waals surface area contributed by atoms with Crippen molar-refractivity contribution in [2.75, 3.05) is 30.4 Å². The summed E-state index contributed by atoms with van der Waals surface area (Å²) in [6.45, 7) is 5.22. The highest BCUT2D eigenvalue weighted by Gasteiger charge is 2.30. The Morgan fingerprint density at radius 2 is 1.92 bits per heavy atom. The number of hydrogen-bond donors (Lipinski definition) is 3. The number of nitrogens with one attached hydrogen (secondary N) is 3. The predicted molar refractivity (Wildman–Crippen MR) is 98.3 cm³/mol. The molecule has 1 aromatic heterocycles. The molecule has 136 valence electrons. The molecule has 2 aliphatic rings. The Hall–Kier alpha value is -2.80. The van der Waals surface area contributed by atoms with Crippen LogP contribution >= 0.6 is 0 Å². The molecule has 0 aliphatic carbocycles. The van der Waals surface area contributed by atoms with E-state index in [0.717, 1.165) is 19.6 Å². The number of fused-ring (bicyclic) bond motifs is 1. The second-order valence-electron chi connectivity index (χ2n) is 6.73. The molecular formula is C19H22N4O3. The van der Waals surface area contributed by atoms with Crippen LogP contribution in [0.4, 0.5) is 11.6 Å². The monoisotopic (exact) mass is 354 g/mol. The quantitative estimate of drug-likeness (QED) is 0.785. The topological polar surface area (TPSA) is 86.6 Å². The number of carbonyl (C=O) groups excluding carboxylic acids is 2. The summed E-state index contributed by atoms with van der Waals surface area (Å²) in [5.74, 6) is 0.111. The number of carbonyl (C=O) groups is 2. The fourth-order valence-corrected chi connectivity index (χ4v) is 3.54. The van der Waals surface area contributed by atoms with Crippen LogP contribution in [0.3, 0.4) is 0 Å². The normalized spacial score (nSPS) is 16.7. The Bertz CT molecular complexity index is 835. The number of aryl methyl sites for hydroxylation is 1. The summed E-state index contributed by atoms with van der Waals surface area (Å²) in [6.07, 6.45) is 2.54. The minimum Gasteiger partial charge on any atom is -0.444 e. The molecule has 3 N–H and O–H groups in total. The summed E-state index contributed by atoms with van der Waals surface area (Å²) >= 11 is 0. The second kappa shape index (κ2) is 6.84. The number of anilines is 2. The Morgan fingerprint density at radius 1 is 1.19 bits per heavy atom. The lowest BCUT2D eigenvalue weighted by Gasteiger charge is -2.15. The molecule has 0 spiro atoms. The average Bonchev–Trinajstić information content (AvgIpc) is 3.24. The van der Waals surface area contributed by atoms with Crippen molar-refractivity contribution in [2.24, 2.45) is 0 Å². The predicted octanol–water partition coefficient (Wildman–Crippen LogP) is 2.55. The number of furan rings is 1. The van der Waals surface area contributed by atoms with Crippen molar-refractivity contribution < 1.29 is 14.0 Å². The van der Waals surface area contributed by atoms with Gasteiger partial charge in [-0.3, -0.25) is 14.5 Å². The number of amides is 2. The molecule has 2 aliphatic heterocycles. The summed E-state index contributed by atoms with van der Waals surface area (Å²) < 4.78 is 5.52. The van der Waals surface area contributed by atoms with Crippen LogP contribution in [0.25, 0.3) is 0 Å². The highest BCUT2D eigenvalue weighted by atomic mass is 16.4. The van der Waals surface area contributed by atoms with E-state index in [1.165, 1.54) is 18.4 Å². The zero-order chi connectivity index (χ0) is 18.1. The highest BCUT2D eigenvalue weighted by Crippen LogP contribution is 2.29. The van der Waals surface area contributed by atoms with Crippen molar-refractivity contribution in [2.45, 2.75) is 26.3 Å². The van der Waals surface area contributed by atoms with Crippen LogP contribution in [0, 0.1) is 6.92 Å². The molecule has 0 saturated carbocycles. The molecule has 0 bridgehead atoms. The van der Waals surface area contributed by atoms with Crippen molar-refractivity contribution in [3.05, 3.63) is 46.7 Å². The number of benzene rings is 1. The first-order valence-corrected chi connectivity index (χ1v) is 8.90. The van der Waals surface area contributed by atoms with Gasteiger partial charge in [0.15, 0.2) is 0 Å². The van der Waals surface area contributed by atoms with E-state index in [1.54, 1.807) is 6.92 Å². The average molecular weight is 354 g/mol. The van der Waals surface area contributed by atoms with Crippen LogP contribution in [-0.4, -0.2) is 36.5 Å². The standard InChI is InChI=1S/C19H22N4O3/c1-12-15(16-17(24)20-11-21-19(16)26-12)18(25)22-14-6-4-13(5-7-14)10-23-8-2-3-9-23/h4-7,21H,2-3,8-11H2,1H3,(H,20,24)(H,22,25). The maximum absolute atomic E-state index is 12.7. The number of rotatable bonds is 4. The van der Waals surface area contributed by atoms with Crippen LogP contribution in [0.1, 0.15) is 44.9 Å². The maximum atomic E-state index is 12.7. The van der Waals surface area contributed by atoms with Crippen molar-refractivity contribution in [1.29, 1.82) is 0 Å². The Balaban J connectivity index is 1.48. The summed E-state index contributed by atoms with van der Waals surface area (Å²) in [5.41, 5.74) is 2.45. The molecular weight excluding hydrogens is 332 g/mol. The number of likely N-dealkylation sites (tertiary alicyclic amines) is 1. The molecule has 7 heteroatoms. The van der Waals surface area contributed by atoms with E-state index < -0.39 is 0 Å². The van der Waals surface area contributed by atoms with Crippen molar-refractivity contribution in [1.82, 2.24) is 10.2 Å². The molecule has 1 fully saturated rings. The smallest absolute Gasteiger partial charge is 0.260 e. The lowest BCUT2D eigenvalue weighted by atomic mass is 10.1. The van der Waals surface area contributed by atoms with Gasteiger partial charge >= 0.3 is 0 Å². The van der Waals surface area contributed by atoms with Gasteiger partial charge in [-0.1, -0.05) is 12.1 Å². The Morgan fingerprint density at radius 3 is 2.65 bits per heavy atom. The zero-order valence-electron chi connectivity index (χ0n) is 14.7. The van der Waals surface area contributed by atoms with Crippen LogP contribution in [0.15, 0.2) is 28.7 Å². The van der Waals surface area contributed by atoms with Gasteiger partial charge in [0, 0.05) is 12.2 Å². The van der Waals surface area contributed by atoms with E-state index in [0.29, 0.717) is 24.0 Å². The SMILES string of the molecule is Cc1oc2c(c1C(=O)Nc1ccc(CN3CCCC3)cc1)C(=O)NCN2. The fraction of sp³-hybridized carbons (Fsp3) is 0.368. The van der Waals surface area contributed by atoms with Crippen molar-refractivity contribution in [3.63, 3.8) is 0 Å². The van der Waals surface area contributed by atoms with Gasteiger partial charge in [-0.2, -0.15) is 0 Å². The van der Waals surface area contributed by atoms with Gasteiger partial charge in [0.05, 0.1) is 12.2 Å². The molecule has 4 rings (SSSR count). The molecule has 1 aromatic carbocycles. The summed E-state index contributed by atoms with van der Waals surface area (Å²) in [4.78, 5) is 27.2. The first kappa shape index (κ1) is 16.7. The first-order valence-electron chi connectivity index (χ1n) is 8.90. The highest BCUT2D eigenvalue weighted by molar-refractivity contribution is 6.15. The largest absolute Gasteiger partial charge is 0.444 e. The van der Waals surface area contributed by atoms with Gasteiger partial charge in [0.2, 0.25) is 5.88 Å². The molecule has 26 heavy (non-hydrogen) atoms. The molecule has 2 amide bonds. The van der Waals surface area contributed by atoms with Crippen LogP contribution < -0.4 is 16.0 Å². The van der Waals surface area contributed by atoms with E-state index in [-0.39, 0.29) is 22.9 Å². The second-order valence-corrected chi connectivity index (χ2v) is 6.73. The van der Waals surface area contributed by atoms with Gasteiger partial charge < -0.3 is 20.4 Å². The zero-order valence-corrected chi connectivity index (χ0v) is 14.7. The lowest BCUT2D eigenvalue weighted by Crippen LogP contribution is -2.35. The number of hydrogen-bond acceptors (Lipinski definition) is 5. The van der Waals surface area contributed by atoms with E-state index in [9.17, 15) is 9.59 Å².